The van der Waals surface area contributed by atoms with Crippen molar-refractivity contribution in [1.82, 2.24) is 0 Å². The largest absolute Gasteiger partial charge is 0.295 e. The highest BCUT2D eigenvalue weighted by atomic mass is 32.2. The zero-order valence-corrected chi connectivity index (χ0v) is 10.4. The summed E-state index contributed by atoms with van der Waals surface area (Å²) in [6.45, 7) is 3.55. The second-order valence-corrected chi connectivity index (χ2v) is 5.44. The smallest absolute Gasteiger partial charge is 0.232 e. The quantitative estimate of drug-likeness (QED) is 0.753. The summed E-state index contributed by atoms with van der Waals surface area (Å²) in [6.07, 6.45) is 1.15. The van der Waals surface area contributed by atoms with Crippen molar-refractivity contribution in [2.75, 3.05) is 17.1 Å². The number of hydrogen-bond acceptors (Lipinski definition) is 3. The van der Waals surface area contributed by atoms with Crippen LogP contribution in [0.15, 0.2) is 24.3 Å². The molecule has 0 heterocycles. The molecule has 0 aliphatic carbocycles. The highest BCUT2D eigenvalue weighted by molar-refractivity contribution is 7.92. The Hall–Kier alpha value is -1.36. The van der Waals surface area contributed by atoms with Crippen LogP contribution in [-0.2, 0) is 10.0 Å². The van der Waals surface area contributed by atoms with Crippen LogP contribution in [0, 0.1) is 0 Å². The van der Waals surface area contributed by atoms with Crippen LogP contribution in [0.25, 0.3) is 0 Å². The Bertz CT molecular complexity index is 494. The minimum Gasteiger partial charge on any atom is -0.295 e. The van der Waals surface area contributed by atoms with Gasteiger partial charge in [0.15, 0.2) is 5.78 Å². The predicted octanol–water partition coefficient (Wildman–Crippen LogP) is 1.68. The van der Waals surface area contributed by atoms with Gasteiger partial charge in [-0.05, 0) is 26.0 Å². The molecule has 0 aliphatic rings. The number of anilines is 1. The van der Waals surface area contributed by atoms with Crippen LogP contribution >= 0.6 is 0 Å². The Labute approximate surface area is 95.9 Å². The SMILES string of the molecule is CCN(c1cccc(C(C)=O)c1)S(C)(=O)=O. The van der Waals surface area contributed by atoms with E-state index < -0.39 is 10.0 Å². The fourth-order valence-corrected chi connectivity index (χ4v) is 2.45. The lowest BCUT2D eigenvalue weighted by atomic mass is 10.1. The molecule has 1 aromatic carbocycles. The highest BCUT2D eigenvalue weighted by Gasteiger charge is 2.15. The van der Waals surface area contributed by atoms with Crippen LogP contribution < -0.4 is 4.31 Å². The van der Waals surface area contributed by atoms with Crippen molar-refractivity contribution in [2.24, 2.45) is 0 Å². The number of benzene rings is 1. The van der Waals surface area contributed by atoms with Crippen molar-refractivity contribution in [3.8, 4) is 0 Å². The third kappa shape index (κ3) is 2.82. The number of Topliss-reactive ketones (excluding diaryl/α,β-unsaturated/α-hetero) is 1. The molecular weight excluding hydrogens is 226 g/mol. The van der Waals surface area contributed by atoms with Gasteiger partial charge in [0.25, 0.3) is 0 Å². The first-order chi connectivity index (χ1) is 7.36. The first kappa shape index (κ1) is 12.7. The predicted molar refractivity (Wildman–Crippen MR) is 64.3 cm³/mol. The summed E-state index contributed by atoms with van der Waals surface area (Å²) in [7, 11) is -3.29. The second-order valence-electron chi connectivity index (χ2n) is 3.53. The molecule has 1 rings (SSSR count). The molecule has 0 aliphatic heterocycles. The zero-order valence-electron chi connectivity index (χ0n) is 9.60. The van der Waals surface area contributed by atoms with Gasteiger partial charge in [0.1, 0.15) is 0 Å². The van der Waals surface area contributed by atoms with E-state index in [1.165, 1.54) is 11.2 Å². The summed E-state index contributed by atoms with van der Waals surface area (Å²) in [5, 5.41) is 0. The molecule has 0 N–H and O–H groups in total. The molecule has 0 unspecified atom stereocenters. The molecule has 4 nitrogen and oxygen atoms in total. The Morgan fingerprint density at radius 2 is 2.00 bits per heavy atom. The van der Waals surface area contributed by atoms with Gasteiger partial charge in [-0.1, -0.05) is 12.1 Å². The second kappa shape index (κ2) is 4.65. The van der Waals surface area contributed by atoms with E-state index in [9.17, 15) is 13.2 Å². The molecule has 0 bridgehead atoms. The molecule has 0 saturated carbocycles. The number of sulfonamides is 1. The van der Waals surface area contributed by atoms with Crippen LogP contribution in [0.3, 0.4) is 0 Å². The molecule has 88 valence electrons. The number of ketones is 1. The molecule has 0 atom stereocenters. The summed E-state index contributed by atoms with van der Waals surface area (Å²) in [5.41, 5.74) is 1.04. The fourth-order valence-electron chi connectivity index (χ4n) is 1.49. The van der Waals surface area contributed by atoms with Gasteiger partial charge in [0, 0.05) is 12.1 Å². The lowest BCUT2D eigenvalue weighted by Gasteiger charge is -2.20. The van der Waals surface area contributed by atoms with Gasteiger partial charge in [-0.3, -0.25) is 9.10 Å². The van der Waals surface area contributed by atoms with Crippen LogP contribution in [0.4, 0.5) is 5.69 Å². The van der Waals surface area contributed by atoms with E-state index in [0.29, 0.717) is 17.8 Å². The van der Waals surface area contributed by atoms with E-state index in [1.807, 2.05) is 0 Å². The van der Waals surface area contributed by atoms with Crippen LogP contribution in [0.2, 0.25) is 0 Å². The van der Waals surface area contributed by atoms with E-state index in [-0.39, 0.29) is 5.78 Å². The summed E-state index contributed by atoms with van der Waals surface area (Å²) >= 11 is 0. The molecule has 0 radical (unpaired) electrons. The Morgan fingerprint density at radius 1 is 1.38 bits per heavy atom. The van der Waals surface area contributed by atoms with Crippen molar-refractivity contribution in [2.45, 2.75) is 13.8 Å². The van der Waals surface area contributed by atoms with Crippen LogP contribution in [-0.4, -0.2) is 27.0 Å². The summed E-state index contributed by atoms with van der Waals surface area (Å²) in [6, 6.07) is 6.62. The van der Waals surface area contributed by atoms with Gasteiger partial charge in [-0.25, -0.2) is 8.42 Å². The topological polar surface area (TPSA) is 54.5 Å². The monoisotopic (exact) mass is 241 g/mol. The molecule has 5 heteroatoms. The van der Waals surface area contributed by atoms with Crippen molar-refractivity contribution in [3.05, 3.63) is 29.8 Å². The first-order valence-electron chi connectivity index (χ1n) is 4.95. The fraction of sp³-hybridized carbons (Fsp3) is 0.364. The summed E-state index contributed by atoms with van der Waals surface area (Å²) in [5.74, 6) is -0.0774. The zero-order chi connectivity index (χ0) is 12.3. The van der Waals surface area contributed by atoms with Crippen molar-refractivity contribution in [3.63, 3.8) is 0 Å². The third-order valence-corrected chi connectivity index (χ3v) is 3.50. The molecule has 0 fully saturated rings. The van der Waals surface area contributed by atoms with E-state index in [2.05, 4.69) is 0 Å². The van der Waals surface area contributed by atoms with Gasteiger partial charge in [0.05, 0.1) is 11.9 Å². The number of carbonyl (C=O) groups is 1. The van der Waals surface area contributed by atoms with Crippen LogP contribution in [0.1, 0.15) is 24.2 Å². The van der Waals surface area contributed by atoms with E-state index in [0.717, 1.165) is 6.26 Å². The van der Waals surface area contributed by atoms with Gasteiger partial charge < -0.3 is 0 Å². The Kier molecular flexibility index (Phi) is 3.70. The maximum atomic E-state index is 11.5. The van der Waals surface area contributed by atoms with Gasteiger partial charge in [-0.2, -0.15) is 0 Å². The maximum absolute atomic E-state index is 11.5. The highest BCUT2D eigenvalue weighted by Crippen LogP contribution is 2.18. The molecule has 0 saturated heterocycles. The summed E-state index contributed by atoms with van der Waals surface area (Å²) in [4.78, 5) is 11.2. The Morgan fingerprint density at radius 3 is 2.44 bits per heavy atom. The van der Waals surface area contributed by atoms with Crippen molar-refractivity contribution < 1.29 is 13.2 Å². The van der Waals surface area contributed by atoms with Crippen LogP contribution in [0.5, 0.6) is 0 Å². The van der Waals surface area contributed by atoms with E-state index in [1.54, 1.807) is 31.2 Å². The first-order valence-corrected chi connectivity index (χ1v) is 6.79. The molecule has 0 spiro atoms. The van der Waals surface area contributed by atoms with Crippen molar-refractivity contribution >= 4 is 21.5 Å². The lowest BCUT2D eigenvalue weighted by Crippen LogP contribution is -2.29. The minimum atomic E-state index is -3.29. The molecular formula is C11H15NO3S. The molecule has 0 amide bonds. The molecule has 1 aromatic rings. The third-order valence-electron chi connectivity index (χ3n) is 2.23. The van der Waals surface area contributed by atoms with Gasteiger partial charge >= 0.3 is 0 Å². The minimum absolute atomic E-state index is 0.0774. The van der Waals surface area contributed by atoms with Gasteiger partial charge in [-0.15, -0.1) is 0 Å². The average molecular weight is 241 g/mol. The van der Waals surface area contributed by atoms with E-state index in [4.69, 9.17) is 0 Å². The number of nitrogens with zero attached hydrogens (tertiary/aromatic N) is 1. The number of rotatable bonds is 4. The normalized spacial score (nSPS) is 11.2. The van der Waals surface area contributed by atoms with Gasteiger partial charge in [0.2, 0.25) is 10.0 Å². The number of carbonyl (C=O) groups excluding carboxylic acids is 1. The summed E-state index contributed by atoms with van der Waals surface area (Å²) < 4.78 is 24.2. The van der Waals surface area contributed by atoms with E-state index >= 15 is 0 Å². The average Bonchev–Trinajstić information content (AvgIpc) is 2.17. The standard InChI is InChI=1S/C11H15NO3S/c1-4-12(16(3,14)15)11-7-5-6-10(8-11)9(2)13/h5-8H,4H2,1-3H3. The number of hydrogen-bond donors (Lipinski definition) is 0. The maximum Gasteiger partial charge on any atom is 0.232 e. The Balaban J connectivity index is 3.22. The van der Waals surface area contributed by atoms with Crippen molar-refractivity contribution in [1.29, 1.82) is 0 Å². The lowest BCUT2D eigenvalue weighted by molar-refractivity contribution is 0.101. The molecule has 0 aromatic heterocycles. The molecule has 16 heavy (non-hydrogen) atoms.